The van der Waals surface area contributed by atoms with E-state index in [0.29, 0.717) is 5.56 Å². The van der Waals surface area contributed by atoms with E-state index in [4.69, 9.17) is 10.4 Å². The number of carbonyl (C=O) groups is 2. The molecule has 1 rings (SSSR count). The summed E-state index contributed by atoms with van der Waals surface area (Å²) < 4.78 is 0. The Balaban J connectivity index is 2.29. The van der Waals surface area contributed by atoms with E-state index in [9.17, 15) is 9.59 Å². The number of carboxylic acids is 1. The zero-order chi connectivity index (χ0) is 13.4. The molecule has 0 saturated carbocycles. The Hall–Kier alpha value is -2.59. The highest BCUT2D eigenvalue weighted by Crippen LogP contribution is 2.02. The molecule has 3 N–H and O–H groups in total. The van der Waals surface area contributed by atoms with Crippen molar-refractivity contribution in [2.45, 2.75) is 6.54 Å². The summed E-state index contributed by atoms with van der Waals surface area (Å²) in [5.41, 5.74) is 3.27. The van der Waals surface area contributed by atoms with E-state index in [0.717, 1.165) is 5.56 Å². The van der Waals surface area contributed by atoms with Crippen LogP contribution in [0, 0.1) is 11.3 Å². The van der Waals surface area contributed by atoms with E-state index >= 15 is 0 Å². The molecule has 94 valence electrons. The molecule has 0 aliphatic carbocycles. The number of hydroxylamine groups is 1. The second kappa shape index (κ2) is 6.88. The summed E-state index contributed by atoms with van der Waals surface area (Å²) in [6, 6.07) is 8.02. The zero-order valence-electron chi connectivity index (χ0n) is 9.34. The van der Waals surface area contributed by atoms with Gasteiger partial charge in [-0.05, 0) is 17.7 Å². The zero-order valence-corrected chi connectivity index (χ0v) is 9.34. The number of urea groups is 1. The molecule has 0 atom stereocenters. The van der Waals surface area contributed by atoms with Gasteiger partial charge in [-0.1, -0.05) is 12.1 Å². The Bertz CT molecular complexity index is 464. The van der Waals surface area contributed by atoms with Crippen LogP contribution in [-0.2, 0) is 16.2 Å². The number of hydrogen-bond donors (Lipinski definition) is 3. The average molecular weight is 249 g/mol. The number of amides is 2. The fourth-order valence-corrected chi connectivity index (χ4v) is 1.08. The highest BCUT2D eigenvalue weighted by atomic mass is 16.7. The van der Waals surface area contributed by atoms with Crippen molar-refractivity contribution in [3.05, 3.63) is 35.4 Å². The van der Waals surface area contributed by atoms with Crippen LogP contribution in [0.2, 0.25) is 0 Å². The minimum Gasteiger partial charge on any atom is -0.479 e. The average Bonchev–Trinajstić information content (AvgIpc) is 2.36. The molecule has 7 nitrogen and oxygen atoms in total. The van der Waals surface area contributed by atoms with E-state index in [2.05, 4.69) is 10.2 Å². The van der Waals surface area contributed by atoms with Gasteiger partial charge in [0.2, 0.25) is 0 Å². The number of aliphatic carboxylic acids is 1. The van der Waals surface area contributed by atoms with Crippen LogP contribution in [0.3, 0.4) is 0 Å². The van der Waals surface area contributed by atoms with Gasteiger partial charge in [0, 0.05) is 6.54 Å². The molecule has 0 saturated heterocycles. The third-order valence-corrected chi connectivity index (χ3v) is 1.90. The van der Waals surface area contributed by atoms with E-state index in [1.54, 1.807) is 24.3 Å². The number of nitrogens with zero attached hydrogens (tertiary/aromatic N) is 1. The van der Waals surface area contributed by atoms with E-state index < -0.39 is 18.6 Å². The first-order valence-electron chi connectivity index (χ1n) is 4.98. The van der Waals surface area contributed by atoms with Gasteiger partial charge in [-0.15, -0.1) is 0 Å². The van der Waals surface area contributed by atoms with Gasteiger partial charge in [0.1, 0.15) is 0 Å². The molecule has 0 fully saturated rings. The first-order valence-corrected chi connectivity index (χ1v) is 4.98. The normalized spacial score (nSPS) is 9.28. The number of benzene rings is 1. The maximum Gasteiger partial charge on any atom is 0.338 e. The lowest BCUT2D eigenvalue weighted by Gasteiger charge is -2.06. The smallest absolute Gasteiger partial charge is 0.338 e. The largest absolute Gasteiger partial charge is 0.479 e. The van der Waals surface area contributed by atoms with Crippen molar-refractivity contribution in [3.8, 4) is 6.07 Å². The van der Waals surface area contributed by atoms with Gasteiger partial charge in [0.05, 0.1) is 11.6 Å². The Labute approximate surface area is 103 Å². The molecule has 1 aromatic carbocycles. The van der Waals surface area contributed by atoms with Crippen molar-refractivity contribution in [2.24, 2.45) is 0 Å². The summed E-state index contributed by atoms with van der Waals surface area (Å²) in [5, 5.41) is 19.3. The number of carboxylic acid groups (broad SMARTS) is 1. The molecule has 0 heterocycles. The molecule has 0 bridgehead atoms. The molecule has 0 aliphatic heterocycles. The molecule has 0 radical (unpaired) electrons. The standard InChI is InChI=1S/C11H11N3O4/c12-5-8-1-3-9(4-2-8)6-13-11(17)14-18-7-10(15)16/h1-4H,6-7H2,(H,15,16)(H2,13,14,17). The second-order valence-electron chi connectivity index (χ2n) is 3.28. The quantitative estimate of drug-likeness (QED) is 0.653. The molecule has 0 aromatic heterocycles. The van der Waals surface area contributed by atoms with Crippen molar-refractivity contribution < 1.29 is 19.5 Å². The maximum absolute atomic E-state index is 11.1. The van der Waals surface area contributed by atoms with E-state index in [-0.39, 0.29) is 6.54 Å². The summed E-state index contributed by atoms with van der Waals surface area (Å²) in [7, 11) is 0. The molecule has 7 heteroatoms. The first kappa shape index (κ1) is 13.5. The van der Waals surface area contributed by atoms with Gasteiger partial charge in [-0.2, -0.15) is 5.26 Å². The highest BCUT2D eigenvalue weighted by molar-refractivity contribution is 5.73. The summed E-state index contributed by atoms with van der Waals surface area (Å²) in [5.74, 6) is -1.18. The number of carbonyl (C=O) groups excluding carboxylic acids is 1. The third-order valence-electron chi connectivity index (χ3n) is 1.90. The summed E-state index contributed by atoms with van der Waals surface area (Å²) >= 11 is 0. The Morgan fingerprint density at radius 3 is 2.56 bits per heavy atom. The van der Waals surface area contributed by atoms with Crippen LogP contribution in [0.4, 0.5) is 4.79 Å². The van der Waals surface area contributed by atoms with Crippen LogP contribution < -0.4 is 10.8 Å². The number of nitrogens with one attached hydrogen (secondary N) is 2. The van der Waals surface area contributed by atoms with Gasteiger partial charge < -0.3 is 10.4 Å². The first-order chi connectivity index (χ1) is 8.61. The lowest BCUT2D eigenvalue weighted by molar-refractivity contribution is -0.144. The fraction of sp³-hybridized carbons (Fsp3) is 0.182. The second-order valence-corrected chi connectivity index (χ2v) is 3.28. The maximum atomic E-state index is 11.1. The summed E-state index contributed by atoms with van der Waals surface area (Å²) in [6.07, 6.45) is 0. The van der Waals surface area contributed by atoms with Crippen LogP contribution in [0.15, 0.2) is 24.3 Å². The topological polar surface area (TPSA) is 111 Å². The fourth-order valence-electron chi connectivity index (χ4n) is 1.08. The number of rotatable bonds is 5. The predicted molar refractivity (Wildman–Crippen MR) is 60.1 cm³/mol. The Morgan fingerprint density at radius 1 is 1.33 bits per heavy atom. The number of hydrogen-bond acceptors (Lipinski definition) is 4. The van der Waals surface area contributed by atoms with Crippen molar-refractivity contribution in [1.82, 2.24) is 10.8 Å². The lowest BCUT2D eigenvalue weighted by atomic mass is 10.1. The van der Waals surface area contributed by atoms with Crippen LogP contribution in [-0.4, -0.2) is 23.7 Å². The van der Waals surface area contributed by atoms with Crippen molar-refractivity contribution in [3.63, 3.8) is 0 Å². The highest BCUT2D eigenvalue weighted by Gasteiger charge is 2.02. The molecule has 0 aliphatic rings. The van der Waals surface area contributed by atoms with Crippen LogP contribution in [0.1, 0.15) is 11.1 Å². The minimum absolute atomic E-state index is 0.244. The Morgan fingerprint density at radius 2 is 2.00 bits per heavy atom. The third kappa shape index (κ3) is 4.96. The minimum atomic E-state index is -1.18. The summed E-state index contributed by atoms with van der Waals surface area (Å²) in [4.78, 5) is 25.6. The van der Waals surface area contributed by atoms with Crippen molar-refractivity contribution in [2.75, 3.05) is 6.61 Å². The van der Waals surface area contributed by atoms with Crippen LogP contribution in [0.5, 0.6) is 0 Å². The van der Waals surface area contributed by atoms with Gasteiger partial charge in [0.15, 0.2) is 6.61 Å². The van der Waals surface area contributed by atoms with Crippen molar-refractivity contribution >= 4 is 12.0 Å². The molecule has 0 unspecified atom stereocenters. The summed E-state index contributed by atoms with van der Waals surface area (Å²) in [6.45, 7) is -0.363. The predicted octanol–water partition coefficient (Wildman–Crippen LogP) is 0.374. The molecular weight excluding hydrogens is 238 g/mol. The monoisotopic (exact) mass is 249 g/mol. The Kier molecular flexibility index (Phi) is 5.15. The van der Waals surface area contributed by atoms with Gasteiger partial charge in [-0.3, -0.25) is 4.84 Å². The van der Waals surface area contributed by atoms with Crippen LogP contribution in [0.25, 0.3) is 0 Å². The molecule has 2 amide bonds. The SMILES string of the molecule is N#Cc1ccc(CNC(=O)NOCC(=O)O)cc1. The van der Waals surface area contributed by atoms with E-state index in [1.807, 2.05) is 11.5 Å². The van der Waals surface area contributed by atoms with Gasteiger partial charge in [-0.25, -0.2) is 15.1 Å². The number of nitriles is 1. The van der Waals surface area contributed by atoms with Crippen molar-refractivity contribution in [1.29, 1.82) is 5.26 Å². The molecule has 18 heavy (non-hydrogen) atoms. The molecule has 0 spiro atoms. The van der Waals surface area contributed by atoms with Crippen LogP contribution >= 0.6 is 0 Å². The van der Waals surface area contributed by atoms with Gasteiger partial charge in [0.25, 0.3) is 0 Å². The molecular formula is C11H11N3O4. The lowest BCUT2D eigenvalue weighted by Crippen LogP contribution is -2.36. The van der Waals surface area contributed by atoms with Gasteiger partial charge >= 0.3 is 12.0 Å². The molecule has 1 aromatic rings. The van der Waals surface area contributed by atoms with E-state index in [1.165, 1.54) is 0 Å².